The van der Waals surface area contributed by atoms with Crippen molar-refractivity contribution in [2.75, 3.05) is 20.3 Å². The van der Waals surface area contributed by atoms with E-state index >= 15 is 4.39 Å². The first-order valence-corrected chi connectivity index (χ1v) is 11.9. The summed E-state index contributed by atoms with van der Waals surface area (Å²) in [7, 11) is 1.12. The SMILES string of the molecule is COC(=O)c1ccc([N+](=O)[O-])cc1[C@H]1c2c(Oc3cc(F)cc(C#N)c3)cnc(Br)c2C2(OCCO2)[C@@H]1F. The molecule has 1 aliphatic carbocycles. The highest BCUT2D eigenvalue weighted by Gasteiger charge is 2.61. The summed E-state index contributed by atoms with van der Waals surface area (Å²) in [5.74, 6) is -5.10. The number of benzene rings is 2. The van der Waals surface area contributed by atoms with Crippen LogP contribution in [0.4, 0.5) is 14.5 Å². The first-order chi connectivity index (χ1) is 18.2. The molecule has 1 saturated heterocycles. The molecule has 0 amide bonds. The van der Waals surface area contributed by atoms with Crippen molar-refractivity contribution in [2.24, 2.45) is 0 Å². The van der Waals surface area contributed by atoms with Gasteiger partial charge in [-0.15, -0.1) is 0 Å². The smallest absolute Gasteiger partial charge is 0.338 e. The van der Waals surface area contributed by atoms with E-state index in [1.807, 2.05) is 6.07 Å². The van der Waals surface area contributed by atoms with Crippen molar-refractivity contribution < 1.29 is 37.4 Å². The van der Waals surface area contributed by atoms with Crippen LogP contribution in [0, 0.1) is 27.3 Å². The van der Waals surface area contributed by atoms with Crippen LogP contribution in [0.15, 0.2) is 47.2 Å². The molecule has 1 fully saturated rings. The molecule has 5 rings (SSSR count). The van der Waals surface area contributed by atoms with Crippen LogP contribution in [0.1, 0.15) is 38.5 Å². The molecule has 2 atom stereocenters. The van der Waals surface area contributed by atoms with E-state index in [0.29, 0.717) is 0 Å². The fraction of sp³-hybridized carbons (Fsp3) is 0.240. The lowest BCUT2D eigenvalue weighted by molar-refractivity contribution is -0.384. The van der Waals surface area contributed by atoms with Gasteiger partial charge in [-0.2, -0.15) is 5.26 Å². The minimum atomic E-state index is -2.02. The largest absolute Gasteiger partial charge is 0.465 e. The zero-order valence-electron chi connectivity index (χ0n) is 19.4. The number of halogens is 3. The Balaban J connectivity index is 1.78. The van der Waals surface area contributed by atoms with Crippen LogP contribution in [0.5, 0.6) is 11.5 Å². The Labute approximate surface area is 222 Å². The topological polar surface area (TPSA) is 134 Å². The third kappa shape index (κ3) is 4.07. The number of hydrogen-bond donors (Lipinski definition) is 0. The Hall–Kier alpha value is -3.99. The van der Waals surface area contributed by atoms with Gasteiger partial charge in [0.15, 0.2) is 6.17 Å². The maximum atomic E-state index is 16.6. The van der Waals surface area contributed by atoms with Gasteiger partial charge in [-0.1, -0.05) is 0 Å². The van der Waals surface area contributed by atoms with E-state index in [1.165, 1.54) is 18.3 Å². The molecule has 194 valence electrons. The number of aromatic nitrogens is 1. The quantitative estimate of drug-likeness (QED) is 0.174. The van der Waals surface area contributed by atoms with Crippen molar-refractivity contribution in [3.63, 3.8) is 0 Å². The summed E-state index contributed by atoms with van der Waals surface area (Å²) in [6.45, 7) is 0.0800. The summed E-state index contributed by atoms with van der Waals surface area (Å²) in [6, 6.07) is 8.50. The monoisotopic (exact) mass is 587 g/mol. The van der Waals surface area contributed by atoms with Crippen LogP contribution in [0.2, 0.25) is 0 Å². The van der Waals surface area contributed by atoms with Gasteiger partial charge in [0.2, 0.25) is 5.79 Å². The molecule has 38 heavy (non-hydrogen) atoms. The number of methoxy groups -OCH3 is 1. The maximum absolute atomic E-state index is 16.6. The highest BCUT2D eigenvalue weighted by Crippen LogP contribution is 2.58. The van der Waals surface area contributed by atoms with Crippen molar-refractivity contribution in [2.45, 2.75) is 17.9 Å². The number of esters is 1. The molecule has 0 unspecified atom stereocenters. The second kappa shape index (κ2) is 9.71. The van der Waals surface area contributed by atoms with Gasteiger partial charge < -0.3 is 18.9 Å². The van der Waals surface area contributed by atoms with Gasteiger partial charge in [-0.25, -0.2) is 18.6 Å². The van der Waals surface area contributed by atoms with E-state index < -0.39 is 40.3 Å². The Morgan fingerprint density at radius 2 is 2.03 bits per heavy atom. The number of non-ortho nitro benzene ring substituents is 1. The number of nitriles is 1. The summed E-state index contributed by atoms with van der Waals surface area (Å²) < 4.78 is 53.2. The number of nitro groups is 1. The first kappa shape index (κ1) is 25.7. The van der Waals surface area contributed by atoms with E-state index in [2.05, 4.69) is 20.9 Å². The molecule has 10 nitrogen and oxygen atoms in total. The Kier molecular flexibility index (Phi) is 6.56. The normalized spacial score (nSPS) is 19.1. The molecule has 2 aliphatic rings. The fourth-order valence-corrected chi connectivity index (χ4v) is 5.38. The van der Waals surface area contributed by atoms with Crippen LogP contribution in [0.25, 0.3) is 0 Å². The Bertz CT molecular complexity index is 1520. The maximum Gasteiger partial charge on any atom is 0.338 e. The van der Waals surface area contributed by atoms with Crippen molar-refractivity contribution in [3.8, 4) is 17.6 Å². The van der Waals surface area contributed by atoms with E-state index in [9.17, 15) is 24.6 Å². The molecule has 1 aliphatic heterocycles. The first-order valence-electron chi connectivity index (χ1n) is 11.1. The molecule has 13 heteroatoms. The van der Waals surface area contributed by atoms with Gasteiger partial charge in [0.1, 0.15) is 21.9 Å². The lowest BCUT2D eigenvalue weighted by Gasteiger charge is -2.27. The lowest BCUT2D eigenvalue weighted by atomic mass is 9.87. The summed E-state index contributed by atoms with van der Waals surface area (Å²) in [6.07, 6.45) is -0.779. The van der Waals surface area contributed by atoms with Crippen molar-refractivity contribution in [1.29, 1.82) is 5.26 Å². The molecule has 3 aromatic rings. The molecular weight excluding hydrogens is 572 g/mol. The zero-order chi connectivity index (χ0) is 27.2. The number of pyridine rings is 1. The van der Waals surface area contributed by atoms with Crippen LogP contribution >= 0.6 is 15.9 Å². The minimum absolute atomic E-state index is 0.0211. The van der Waals surface area contributed by atoms with Crippen molar-refractivity contribution in [3.05, 3.63) is 90.9 Å². The van der Waals surface area contributed by atoms with Gasteiger partial charge in [0.25, 0.3) is 5.69 Å². The van der Waals surface area contributed by atoms with Crippen LogP contribution in [-0.2, 0) is 20.0 Å². The van der Waals surface area contributed by atoms with E-state index in [0.717, 1.165) is 31.4 Å². The van der Waals surface area contributed by atoms with Gasteiger partial charge in [0, 0.05) is 23.8 Å². The van der Waals surface area contributed by atoms with Gasteiger partial charge >= 0.3 is 5.97 Å². The van der Waals surface area contributed by atoms with Crippen LogP contribution < -0.4 is 4.74 Å². The fourth-order valence-electron chi connectivity index (χ4n) is 4.78. The summed E-state index contributed by atoms with van der Waals surface area (Å²) in [5, 5.41) is 20.8. The van der Waals surface area contributed by atoms with E-state index in [1.54, 1.807) is 0 Å². The number of fused-ring (bicyclic) bond motifs is 2. The van der Waals surface area contributed by atoms with Gasteiger partial charge in [-0.05, 0) is 39.7 Å². The molecule has 1 aromatic heterocycles. The predicted molar refractivity (Wildman–Crippen MR) is 128 cm³/mol. The van der Waals surface area contributed by atoms with E-state index in [4.69, 9.17) is 18.9 Å². The van der Waals surface area contributed by atoms with Crippen LogP contribution in [-0.4, -0.2) is 42.4 Å². The number of nitrogens with zero attached hydrogens (tertiary/aromatic N) is 3. The summed E-state index contributed by atoms with van der Waals surface area (Å²) in [4.78, 5) is 27.8. The minimum Gasteiger partial charge on any atom is -0.465 e. The molecule has 0 N–H and O–H groups in total. The average Bonchev–Trinajstić information content (AvgIpc) is 3.49. The second-order valence-electron chi connectivity index (χ2n) is 8.36. The average molecular weight is 588 g/mol. The third-order valence-corrected chi connectivity index (χ3v) is 6.88. The molecular formula is C25H16BrF2N3O7. The molecule has 0 bridgehead atoms. The molecule has 1 spiro atoms. The van der Waals surface area contributed by atoms with Gasteiger partial charge in [-0.3, -0.25) is 10.1 Å². The van der Waals surface area contributed by atoms with E-state index in [-0.39, 0.29) is 57.1 Å². The number of ether oxygens (including phenoxy) is 4. The lowest BCUT2D eigenvalue weighted by Crippen LogP contribution is -2.36. The Morgan fingerprint density at radius 3 is 2.68 bits per heavy atom. The number of alkyl halides is 1. The van der Waals surface area contributed by atoms with Gasteiger partial charge in [0.05, 0.1) is 60.1 Å². The highest BCUT2D eigenvalue weighted by molar-refractivity contribution is 9.10. The van der Waals surface area contributed by atoms with Crippen LogP contribution in [0.3, 0.4) is 0 Å². The number of rotatable bonds is 5. The zero-order valence-corrected chi connectivity index (χ0v) is 21.0. The third-order valence-electron chi connectivity index (χ3n) is 6.28. The predicted octanol–water partition coefficient (Wildman–Crippen LogP) is 5.03. The number of nitro benzene ring substituents is 1. The second-order valence-corrected chi connectivity index (χ2v) is 9.11. The van der Waals surface area contributed by atoms with Crippen molar-refractivity contribution in [1.82, 2.24) is 4.98 Å². The molecule has 0 radical (unpaired) electrons. The summed E-state index contributed by atoms with van der Waals surface area (Å²) in [5.41, 5.74) is -0.389. The molecule has 2 aromatic carbocycles. The standard InChI is InChI=1S/C25H16BrF2N3O7/c1-35-24(32)16-3-2-14(31(33)34)9-17(16)19-20-18(38-15-7-12(10-29)6-13(27)8-15)11-30-23(26)21(20)25(22(19)28)36-4-5-37-25/h2-3,6-9,11,19,22H,4-5H2,1H3/t19-,22+/m0/s1. The number of hydrogen-bond acceptors (Lipinski definition) is 9. The summed E-state index contributed by atoms with van der Waals surface area (Å²) >= 11 is 3.32. The number of carbonyl (C=O) groups is 1. The highest BCUT2D eigenvalue weighted by atomic mass is 79.9. The Morgan fingerprint density at radius 1 is 1.29 bits per heavy atom. The number of carbonyl (C=O) groups excluding carboxylic acids is 1. The molecule has 2 heterocycles. The van der Waals surface area contributed by atoms with Crippen molar-refractivity contribution >= 4 is 27.6 Å². The molecule has 0 saturated carbocycles.